The molecule has 0 aliphatic heterocycles. The molecule has 0 aliphatic rings. The first-order valence-electron chi connectivity index (χ1n) is 6.21. The van der Waals surface area contributed by atoms with E-state index in [9.17, 15) is 0 Å². The molecular weight excluding hydrogens is 262 g/mol. The maximum atomic E-state index is 6.24. The smallest absolute Gasteiger partial charge is 0.229 e. The van der Waals surface area contributed by atoms with Gasteiger partial charge in [-0.1, -0.05) is 42.7 Å². The van der Waals surface area contributed by atoms with E-state index in [1.54, 1.807) is 0 Å². The first kappa shape index (κ1) is 12.2. The molecule has 2 aromatic heterocycles. The zero-order chi connectivity index (χ0) is 13.4. The largest absolute Gasteiger partial charge is 0.339 e. The molecule has 0 unspecified atom stereocenters. The highest BCUT2D eigenvalue weighted by Crippen LogP contribution is 2.25. The van der Waals surface area contributed by atoms with Gasteiger partial charge in [0.2, 0.25) is 5.89 Å². The van der Waals surface area contributed by atoms with Crippen molar-refractivity contribution in [2.24, 2.45) is 0 Å². The SMILES string of the molecule is CC(C)c1nc(Cn2ccc3cccc(Cl)c32)no1. The molecule has 0 bridgehead atoms. The molecule has 0 atom stereocenters. The van der Waals surface area contributed by atoms with Gasteiger partial charge in [0.15, 0.2) is 5.82 Å². The van der Waals surface area contributed by atoms with Crippen LogP contribution < -0.4 is 0 Å². The summed E-state index contributed by atoms with van der Waals surface area (Å²) >= 11 is 6.24. The number of halogens is 1. The lowest BCUT2D eigenvalue weighted by molar-refractivity contribution is 0.360. The van der Waals surface area contributed by atoms with E-state index in [1.807, 2.05) is 48.9 Å². The Morgan fingerprint density at radius 1 is 1.32 bits per heavy atom. The molecule has 1 aromatic carbocycles. The summed E-state index contributed by atoms with van der Waals surface area (Å²) in [4.78, 5) is 4.38. The molecule has 98 valence electrons. The van der Waals surface area contributed by atoms with Crippen LogP contribution in [0.5, 0.6) is 0 Å². The van der Waals surface area contributed by atoms with Gasteiger partial charge in [-0.25, -0.2) is 0 Å². The highest BCUT2D eigenvalue weighted by molar-refractivity contribution is 6.35. The highest BCUT2D eigenvalue weighted by atomic mass is 35.5. The van der Waals surface area contributed by atoms with Crippen molar-refractivity contribution >= 4 is 22.5 Å². The molecule has 2 heterocycles. The van der Waals surface area contributed by atoms with Gasteiger partial charge in [0.05, 0.1) is 17.1 Å². The van der Waals surface area contributed by atoms with E-state index in [0.717, 1.165) is 15.9 Å². The van der Waals surface area contributed by atoms with Crippen LogP contribution in [0.2, 0.25) is 5.02 Å². The standard InChI is InChI=1S/C14H14ClN3O/c1-9(2)14-16-12(17-19-14)8-18-7-6-10-4-3-5-11(15)13(10)18/h3-7,9H,8H2,1-2H3. The molecule has 3 rings (SSSR count). The first-order valence-corrected chi connectivity index (χ1v) is 6.59. The number of nitrogens with zero attached hydrogens (tertiary/aromatic N) is 3. The van der Waals surface area contributed by atoms with E-state index in [0.29, 0.717) is 18.3 Å². The Bertz CT molecular complexity index is 714. The zero-order valence-corrected chi connectivity index (χ0v) is 11.6. The molecule has 0 N–H and O–H groups in total. The average Bonchev–Trinajstić information content (AvgIpc) is 2.98. The second-order valence-electron chi connectivity index (χ2n) is 4.82. The molecule has 5 heteroatoms. The number of rotatable bonds is 3. The van der Waals surface area contributed by atoms with E-state index in [1.165, 1.54) is 0 Å². The fourth-order valence-corrected chi connectivity index (χ4v) is 2.36. The van der Waals surface area contributed by atoms with Crippen LogP contribution in [-0.2, 0) is 6.54 Å². The van der Waals surface area contributed by atoms with Gasteiger partial charge >= 0.3 is 0 Å². The van der Waals surface area contributed by atoms with Gasteiger partial charge in [0.1, 0.15) is 0 Å². The number of benzene rings is 1. The van der Waals surface area contributed by atoms with Crippen molar-refractivity contribution in [2.75, 3.05) is 0 Å². The van der Waals surface area contributed by atoms with Crippen molar-refractivity contribution in [3.05, 3.63) is 47.2 Å². The summed E-state index contributed by atoms with van der Waals surface area (Å²) in [5.41, 5.74) is 1.00. The summed E-state index contributed by atoms with van der Waals surface area (Å²) in [5, 5.41) is 5.84. The number of hydrogen-bond donors (Lipinski definition) is 0. The molecule has 3 aromatic rings. The molecule has 0 spiro atoms. The van der Waals surface area contributed by atoms with E-state index in [2.05, 4.69) is 10.1 Å². The molecule has 0 aliphatic carbocycles. The monoisotopic (exact) mass is 275 g/mol. The molecule has 0 saturated heterocycles. The summed E-state index contributed by atoms with van der Waals surface area (Å²) in [7, 11) is 0. The quantitative estimate of drug-likeness (QED) is 0.729. The van der Waals surface area contributed by atoms with E-state index >= 15 is 0 Å². The van der Waals surface area contributed by atoms with Crippen molar-refractivity contribution in [3.8, 4) is 0 Å². The van der Waals surface area contributed by atoms with Crippen LogP contribution in [-0.4, -0.2) is 14.7 Å². The van der Waals surface area contributed by atoms with Crippen LogP contribution in [0.3, 0.4) is 0 Å². The average molecular weight is 276 g/mol. The zero-order valence-electron chi connectivity index (χ0n) is 10.8. The van der Waals surface area contributed by atoms with Crippen molar-refractivity contribution in [3.63, 3.8) is 0 Å². The lowest BCUT2D eigenvalue weighted by Gasteiger charge is -2.03. The Hall–Kier alpha value is -1.81. The Morgan fingerprint density at radius 2 is 2.16 bits per heavy atom. The predicted molar refractivity (Wildman–Crippen MR) is 74.4 cm³/mol. The Labute approximate surface area is 116 Å². The Kier molecular flexibility index (Phi) is 3.03. The second-order valence-corrected chi connectivity index (χ2v) is 5.23. The summed E-state index contributed by atoms with van der Waals surface area (Å²) in [6.45, 7) is 4.61. The van der Waals surface area contributed by atoms with Gasteiger partial charge in [-0.3, -0.25) is 0 Å². The van der Waals surface area contributed by atoms with Crippen LogP contribution in [0.4, 0.5) is 0 Å². The summed E-state index contributed by atoms with van der Waals surface area (Å²) in [6, 6.07) is 7.90. The Morgan fingerprint density at radius 3 is 2.89 bits per heavy atom. The van der Waals surface area contributed by atoms with Crippen LogP contribution in [0.25, 0.3) is 10.9 Å². The summed E-state index contributed by atoms with van der Waals surface area (Å²) in [5.74, 6) is 1.57. The second kappa shape index (κ2) is 4.70. The molecule has 0 saturated carbocycles. The maximum absolute atomic E-state index is 6.24. The third kappa shape index (κ3) is 2.24. The normalized spacial score (nSPS) is 11.6. The van der Waals surface area contributed by atoms with Crippen LogP contribution >= 0.6 is 11.6 Å². The van der Waals surface area contributed by atoms with Gasteiger partial charge in [0, 0.05) is 17.5 Å². The first-order chi connectivity index (χ1) is 9.15. The predicted octanol–water partition coefficient (Wildman–Crippen LogP) is 3.85. The minimum Gasteiger partial charge on any atom is -0.339 e. The van der Waals surface area contributed by atoms with Crippen molar-refractivity contribution in [1.29, 1.82) is 0 Å². The molecule has 19 heavy (non-hydrogen) atoms. The topological polar surface area (TPSA) is 43.9 Å². The van der Waals surface area contributed by atoms with Gasteiger partial charge in [-0.15, -0.1) is 0 Å². The molecular formula is C14H14ClN3O. The number of hydrogen-bond acceptors (Lipinski definition) is 3. The van der Waals surface area contributed by atoms with E-state index in [4.69, 9.17) is 16.1 Å². The molecule has 0 amide bonds. The number of para-hydroxylation sites is 1. The summed E-state index contributed by atoms with van der Waals surface area (Å²) < 4.78 is 7.24. The number of fused-ring (bicyclic) bond motifs is 1. The molecule has 0 fully saturated rings. The third-order valence-electron chi connectivity index (χ3n) is 3.03. The minimum atomic E-state index is 0.242. The van der Waals surface area contributed by atoms with Crippen LogP contribution in [0, 0.1) is 0 Å². The fraction of sp³-hybridized carbons (Fsp3) is 0.286. The fourth-order valence-electron chi connectivity index (χ4n) is 2.06. The van der Waals surface area contributed by atoms with Gasteiger partial charge in [0.25, 0.3) is 0 Å². The van der Waals surface area contributed by atoms with Crippen molar-refractivity contribution in [1.82, 2.24) is 14.7 Å². The lowest BCUT2D eigenvalue weighted by Crippen LogP contribution is -2.00. The van der Waals surface area contributed by atoms with Crippen LogP contribution in [0.15, 0.2) is 35.0 Å². The van der Waals surface area contributed by atoms with Gasteiger partial charge in [-0.2, -0.15) is 4.98 Å². The van der Waals surface area contributed by atoms with E-state index in [-0.39, 0.29) is 5.92 Å². The van der Waals surface area contributed by atoms with Crippen LogP contribution in [0.1, 0.15) is 31.5 Å². The molecule has 4 nitrogen and oxygen atoms in total. The third-order valence-corrected chi connectivity index (χ3v) is 3.33. The van der Waals surface area contributed by atoms with Crippen molar-refractivity contribution in [2.45, 2.75) is 26.3 Å². The van der Waals surface area contributed by atoms with Gasteiger partial charge in [-0.05, 0) is 12.1 Å². The maximum Gasteiger partial charge on any atom is 0.229 e. The molecule has 0 radical (unpaired) electrons. The lowest BCUT2D eigenvalue weighted by atomic mass is 10.2. The number of aromatic nitrogens is 3. The van der Waals surface area contributed by atoms with Gasteiger partial charge < -0.3 is 9.09 Å². The highest BCUT2D eigenvalue weighted by Gasteiger charge is 2.12. The summed E-state index contributed by atoms with van der Waals surface area (Å²) in [6.07, 6.45) is 1.99. The van der Waals surface area contributed by atoms with E-state index < -0.39 is 0 Å². The minimum absolute atomic E-state index is 0.242. The van der Waals surface area contributed by atoms with Crippen molar-refractivity contribution < 1.29 is 4.52 Å². The Balaban J connectivity index is 1.96.